The van der Waals surface area contributed by atoms with Crippen molar-refractivity contribution >= 4 is 17.7 Å². The first kappa shape index (κ1) is 12.8. The third-order valence-corrected chi connectivity index (χ3v) is 2.05. The van der Waals surface area contributed by atoms with Gasteiger partial charge in [-0.3, -0.25) is 5.32 Å². The van der Waals surface area contributed by atoms with Gasteiger partial charge >= 0.3 is 12.1 Å². The van der Waals surface area contributed by atoms with Gasteiger partial charge in [0.2, 0.25) is 0 Å². The Balaban J connectivity index is 2.82. The van der Waals surface area contributed by atoms with E-state index in [1.54, 1.807) is 13.0 Å². The van der Waals surface area contributed by atoms with Crippen LogP contribution in [0.15, 0.2) is 30.9 Å². The molecule has 0 unspecified atom stereocenters. The number of rotatable bonds is 4. The fourth-order valence-electron chi connectivity index (χ4n) is 1.17. The van der Waals surface area contributed by atoms with Crippen molar-refractivity contribution in [3.05, 3.63) is 42.0 Å². The first-order chi connectivity index (χ1) is 8.04. The minimum absolute atomic E-state index is 0.101. The Labute approximate surface area is 98.7 Å². The van der Waals surface area contributed by atoms with Crippen molar-refractivity contribution in [3.8, 4) is 0 Å². The summed E-state index contributed by atoms with van der Waals surface area (Å²) >= 11 is 0. The highest BCUT2D eigenvalue weighted by Crippen LogP contribution is 2.17. The molecule has 0 aromatic heterocycles. The van der Waals surface area contributed by atoms with Gasteiger partial charge < -0.3 is 9.84 Å². The number of ether oxygens (including phenoxy) is 1. The van der Waals surface area contributed by atoms with Crippen molar-refractivity contribution in [2.45, 2.75) is 6.92 Å². The largest absolute Gasteiger partial charge is 0.478 e. The summed E-state index contributed by atoms with van der Waals surface area (Å²) in [6.07, 6.45) is 0.802. The summed E-state index contributed by atoms with van der Waals surface area (Å²) in [7, 11) is 0. The lowest BCUT2D eigenvalue weighted by Crippen LogP contribution is -2.14. The van der Waals surface area contributed by atoms with Gasteiger partial charge in [-0.05, 0) is 24.6 Å². The molecule has 5 nitrogen and oxygen atoms in total. The lowest BCUT2D eigenvalue weighted by Gasteiger charge is -2.08. The van der Waals surface area contributed by atoms with Crippen LogP contribution < -0.4 is 5.32 Å². The van der Waals surface area contributed by atoms with Gasteiger partial charge in [0.05, 0.1) is 5.56 Å². The molecule has 0 radical (unpaired) electrons. The molecule has 5 heteroatoms. The number of carboxylic acids is 1. The molecule has 0 spiro atoms. The molecule has 0 bridgehead atoms. The second-order valence-electron chi connectivity index (χ2n) is 3.35. The van der Waals surface area contributed by atoms with Gasteiger partial charge in [0.1, 0.15) is 6.61 Å². The highest BCUT2D eigenvalue weighted by Gasteiger charge is 2.09. The smallest absolute Gasteiger partial charge is 0.411 e. The van der Waals surface area contributed by atoms with Crippen LogP contribution in [0, 0.1) is 6.92 Å². The van der Waals surface area contributed by atoms with Crippen LogP contribution in [-0.2, 0) is 4.74 Å². The maximum atomic E-state index is 11.3. The Morgan fingerprint density at radius 3 is 2.82 bits per heavy atom. The number of amides is 1. The molecule has 0 heterocycles. The predicted molar refractivity (Wildman–Crippen MR) is 63.3 cm³/mol. The predicted octanol–water partition coefficient (Wildman–Crippen LogP) is 2.43. The zero-order valence-corrected chi connectivity index (χ0v) is 9.40. The van der Waals surface area contributed by atoms with E-state index in [4.69, 9.17) is 9.84 Å². The van der Waals surface area contributed by atoms with Crippen molar-refractivity contribution in [2.75, 3.05) is 11.9 Å². The molecule has 0 atom stereocenters. The number of aryl methyl sites for hydroxylation is 1. The fraction of sp³-hybridized carbons (Fsp3) is 0.167. The SMILES string of the molecule is C=CCOC(=O)Nc1cc(C(=O)O)ccc1C. The lowest BCUT2D eigenvalue weighted by atomic mass is 10.1. The number of hydrogen-bond donors (Lipinski definition) is 2. The zero-order chi connectivity index (χ0) is 12.8. The second kappa shape index (κ2) is 5.69. The molecule has 0 aliphatic rings. The van der Waals surface area contributed by atoms with Crippen molar-refractivity contribution < 1.29 is 19.4 Å². The first-order valence-electron chi connectivity index (χ1n) is 4.93. The van der Waals surface area contributed by atoms with Crippen molar-refractivity contribution in [1.82, 2.24) is 0 Å². The maximum Gasteiger partial charge on any atom is 0.411 e. The zero-order valence-electron chi connectivity index (χ0n) is 9.40. The number of nitrogens with one attached hydrogen (secondary N) is 1. The number of carbonyl (C=O) groups excluding carboxylic acids is 1. The highest BCUT2D eigenvalue weighted by molar-refractivity contribution is 5.92. The molecule has 1 rings (SSSR count). The number of benzene rings is 1. The summed E-state index contributed by atoms with van der Waals surface area (Å²) in [6, 6.07) is 4.47. The third kappa shape index (κ3) is 3.64. The molecule has 1 aromatic carbocycles. The van der Waals surface area contributed by atoms with Crippen LogP contribution in [0.2, 0.25) is 0 Å². The summed E-state index contributed by atoms with van der Waals surface area (Å²) < 4.78 is 4.73. The van der Waals surface area contributed by atoms with Crippen LogP contribution >= 0.6 is 0 Å². The van der Waals surface area contributed by atoms with Crippen LogP contribution in [0.4, 0.5) is 10.5 Å². The van der Waals surface area contributed by atoms with Crippen LogP contribution in [0.25, 0.3) is 0 Å². The van der Waals surface area contributed by atoms with E-state index in [0.29, 0.717) is 5.69 Å². The van der Waals surface area contributed by atoms with Gasteiger partial charge in [-0.25, -0.2) is 9.59 Å². The normalized spacial score (nSPS) is 9.47. The molecule has 17 heavy (non-hydrogen) atoms. The van der Waals surface area contributed by atoms with Crippen LogP contribution in [0.1, 0.15) is 15.9 Å². The molecule has 0 fully saturated rings. The third-order valence-electron chi connectivity index (χ3n) is 2.05. The summed E-state index contributed by atoms with van der Waals surface area (Å²) in [4.78, 5) is 22.0. The number of hydrogen-bond acceptors (Lipinski definition) is 3. The average molecular weight is 235 g/mol. The molecule has 1 amide bonds. The van der Waals surface area contributed by atoms with Crippen LogP contribution in [0.5, 0.6) is 0 Å². The van der Waals surface area contributed by atoms with E-state index < -0.39 is 12.1 Å². The Kier molecular flexibility index (Phi) is 4.28. The van der Waals surface area contributed by atoms with E-state index in [0.717, 1.165) is 5.56 Å². The average Bonchev–Trinajstić information content (AvgIpc) is 2.29. The topological polar surface area (TPSA) is 75.6 Å². The molecular formula is C12H13NO4. The van der Waals surface area contributed by atoms with E-state index in [2.05, 4.69) is 11.9 Å². The molecular weight excluding hydrogens is 222 g/mol. The molecule has 90 valence electrons. The number of anilines is 1. The second-order valence-corrected chi connectivity index (χ2v) is 3.35. The van der Waals surface area contributed by atoms with Gasteiger partial charge in [-0.15, -0.1) is 0 Å². The molecule has 1 aromatic rings. The molecule has 0 saturated carbocycles. The minimum atomic E-state index is -1.05. The van der Waals surface area contributed by atoms with Gasteiger partial charge in [-0.2, -0.15) is 0 Å². The van der Waals surface area contributed by atoms with Gasteiger partial charge in [-0.1, -0.05) is 18.7 Å². The maximum absolute atomic E-state index is 11.3. The summed E-state index contributed by atoms with van der Waals surface area (Å²) in [5.41, 5.74) is 1.28. The first-order valence-corrected chi connectivity index (χ1v) is 4.93. The highest BCUT2D eigenvalue weighted by atomic mass is 16.5. The molecule has 0 aliphatic carbocycles. The van der Waals surface area contributed by atoms with E-state index in [9.17, 15) is 9.59 Å². The van der Waals surface area contributed by atoms with Crippen molar-refractivity contribution in [2.24, 2.45) is 0 Å². The molecule has 0 saturated heterocycles. The quantitative estimate of drug-likeness (QED) is 0.786. The Hall–Kier alpha value is -2.30. The van der Waals surface area contributed by atoms with E-state index in [1.165, 1.54) is 18.2 Å². The number of carbonyl (C=O) groups is 2. The Bertz CT molecular complexity index is 454. The Morgan fingerprint density at radius 1 is 1.53 bits per heavy atom. The van der Waals surface area contributed by atoms with Gasteiger partial charge in [0.25, 0.3) is 0 Å². The van der Waals surface area contributed by atoms with E-state index in [1.807, 2.05) is 0 Å². The minimum Gasteiger partial charge on any atom is -0.478 e. The molecule has 2 N–H and O–H groups in total. The van der Waals surface area contributed by atoms with E-state index >= 15 is 0 Å². The van der Waals surface area contributed by atoms with Crippen molar-refractivity contribution in [1.29, 1.82) is 0 Å². The molecule has 0 aliphatic heterocycles. The Morgan fingerprint density at radius 2 is 2.24 bits per heavy atom. The summed E-state index contributed by atoms with van der Waals surface area (Å²) in [5.74, 6) is -1.05. The summed E-state index contributed by atoms with van der Waals surface area (Å²) in [5, 5.41) is 11.3. The van der Waals surface area contributed by atoms with Gasteiger partial charge in [0.15, 0.2) is 0 Å². The lowest BCUT2D eigenvalue weighted by molar-refractivity contribution is 0.0697. The number of aromatic carboxylic acids is 1. The summed E-state index contributed by atoms with van der Waals surface area (Å²) in [6.45, 7) is 5.27. The van der Waals surface area contributed by atoms with Crippen molar-refractivity contribution in [3.63, 3.8) is 0 Å². The number of carboxylic acid groups (broad SMARTS) is 1. The van der Waals surface area contributed by atoms with Crippen LogP contribution in [-0.4, -0.2) is 23.8 Å². The fourth-order valence-corrected chi connectivity index (χ4v) is 1.17. The van der Waals surface area contributed by atoms with Gasteiger partial charge in [0, 0.05) is 5.69 Å². The van der Waals surface area contributed by atoms with E-state index in [-0.39, 0.29) is 12.2 Å². The monoisotopic (exact) mass is 235 g/mol. The van der Waals surface area contributed by atoms with Crippen LogP contribution in [0.3, 0.4) is 0 Å². The standard InChI is InChI=1S/C12H13NO4/c1-3-6-17-12(16)13-10-7-9(11(14)15)5-4-8(10)2/h3-5,7H,1,6H2,2H3,(H,13,16)(H,14,15).